The van der Waals surface area contributed by atoms with Crippen LogP contribution in [0.4, 0.5) is 0 Å². The van der Waals surface area contributed by atoms with Crippen LogP contribution in [-0.4, -0.2) is 18.5 Å². The second kappa shape index (κ2) is 8.19. The Labute approximate surface area is 143 Å². The van der Waals surface area contributed by atoms with Crippen molar-refractivity contribution < 1.29 is 4.79 Å². The molecule has 2 N–H and O–H groups in total. The summed E-state index contributed by atoms with van der Waals surface area (Å²) in [4.78, 5) is 12.3. The highest BCUT2D eigenvalue weighted by Gasteiger charge is 2.30. The SMILES string of the molecule is Cl.O=C(CC1CCCN1)NC(c1ccc(Cl)cc1)C1CCC1. The van der Waals surface area contributed by atoms with E-state index in [1.54, 1.807) is 0 Å². The molecule has 1 saturated carbocycles. The van der Waals surface area contributed by atoms with Gasteiger partial charge in [-0.05, 0) is 55.8 Å². The second-order valence-electron chi connectivity index (χ2n) is 6.29. The van der Waals surface area contributed by atoms with Crippen LogP contribution in [0.15, 0.2) is 24.3 Å². The third-order valence-electron chi connectivity index (χ3n) is 4.76. The lowest BCUT2D eigenvalue weighted by atomic mass is 9.77. The van der Waals surface area contributed by atoms with Crippen LogP contribution in [-0.2, 0) is 4.79 Å². The lowest BCUT2D eigenvalue weighted by Gasteiger charge is -2.35. The van der Waals surface area contributed by atoms with Crippen molar-refractivity contribution in [1.82, 2.24) is 10.6 Å². The monoisotopic (exact) mass is 342 g/mol. The zero-order valence-corrected chi connectivity index (χ0v) is 14.3. The standard InChI is InChI=1S/C17H23ClN2O.ClH/c18-14-8-6-13(7-9-14)17(12-3-1-4-12)20-16(21)11-15-5-2-10-19-15;/h6-9,12,15,17,19H,1-5,10-11H2,(H,20,21);1H. The van der Waals surface area contributed by atoms with E-state index < -0.39 is 0 Å². The minimum Gasteiger partial charge on any atom is -0.349 e. The fraction of sp³-hybridized carbons (Fsp3) is 0.588. The molecule has 2 fully saturated rings. The van der Waals surface area contributed by atoms with Crippen molar-refractivity contribution in [2.75, 3.05) is 6.54 Å². The van der Waals surface area contributed by atoms with Crippen molar-refractivity contribution in [2.24, 2.45) is 5.92 Å². The van der Waals surface area contributed by atoms with Gasteiger partial charge in [0.2, 0.25) is 5.91 Å². The van der Waals surface area contributed by atoms with E-state index in [1.165, 1.54) is 31.2 Å². The highest BCUT2D eigenvalue weighted by atomic mass is 35.5. The quantitative estimate of drug-likeness (QED) is 0.852. The fourth-order valence-corrected chi connectivity index (χ4v) is 3.43. The van der Waals surface area contributed by atoms with Crippen molar-refractivity contribution in [3.05, 3.63) is 34.9 Å². The summed E-state index contributed by atoms with van der Waals surface area (Å²) in [6, 6.07) is 8.40. The summed E-state index contributed by atoms with van der Waals surface area (Å²) in [5, 5.41) is 7.39. The van der Waals surface area contributed by atoms with E-state index in [1.807, 2.05) is 24.3 Å². The Hall–Kier alpha value is -0.770. The minimum atomic E-state index is 0. The highest BCUT2D eigenvalue weighted by Crippen LogP contribution is 2.38. The number of hydrogen-bond acceptors (Lipinski definition) is 2. The van der Waals surface area contributed by atoms with E-state index in [0.717, 1.165) is 18.0 Å². The largest absolute Gasteiger partial charge is 0.349 e. The third kappa shape index (κ3) is 4.37. The molecular weight excluding hydrogens is 319 g/mol. The van der Waals surface area contributed by atoms with Crippen LogP contribution in [0.3, 0.4) is 0 Å². The molecule has 2 atom stereocenters. The van der Waals surface area contributed by atoms with E-state index in [-0.39, 0.29) is 24.4 Å². The molecule has 1 saturated heterocycles. The number of carbonyl (C=O) groups excluding carboxylic acids is 1. The van der Waals surface area contributed by atoms with Gasteiger partial charge in [0.25, 0.3) is 0 Å². The van der Waals surface area contributed by atoms with Crippen LogP contribution in [0.5, 0.6) is 0 Å². The summed E-state index contributed by atoms with van der Waals surface area (Å²) in [5.41, 5.74) is 1.18. The van der Waals surface area contributed by atoms with Crippen molar-refractivity contribution in [2.45, 2.75) is 50.6 Å². The van der Waals surface area contributed by atoms with E-state index >= 15 is 0 Å². The van der Waals surface area contributed by atoms with Crippen molar-refractivity contribution in [3.8, 4) is 0 Å². The first kappa shape index (κ1) is 17.6. The summed E-state index contributed by atoms with van der Waals surface area (Å²) in [6.07, 6.45) is 6.57. The number of hydrogen-bond donors (Lipinski definition) is 2. The highest BCUT2D eigenvalue weighted by molar-refractivity contribution is 6.30. The molecule has 0 aromatic heterocycles. The van der Waals surface area contributed by atoms with Crippen LogP contribution in [0, 0.1) is 5.92 Å². The molecule has 1 heterocycles. The third-order valence-corrected chi connectivity index (χ3v) is 5.01. The van der Waals surface area contributed by atoms with Crippen LogP contribution >= 0.6 is 24.0 Å². The Bertz CT molecular complexity index is 482. The molecule has 0 bridgehead atoms. The zero-order chi connectivity index (χ0) is 14.7. The van der Waals surface area contributed by atoms with Crippen LogP contribution < -0.4 is 10.6 Å². The molecule has 5 heteroatoms. The van der Waals surface area contributed by atoms with E-state index in [4.69, 9.17) is 11.6 Å². The summed E-state index contributed by atoms with van der Waals surface area (Å²) in [5.74, 6) is 0.743. The smallest absolute Gasteiger partial charge is 0.222 e. The molecule has 1 aliphatic heterocycles. The first-order valence-electron chi connectivity index (χ1n) is 8.00. The molecule has 0 spiro atoms. The molecule has 3 rings (SSSR count). The second-order valence-corrected chi connectivity index (χ2v) is 6.72. The van der Waals surface area contributed by atoms with Gasteiger partial charge >= 0.3 is 0 Å². The Morgan fingerprint density at radius 3 is 2.50 bits per heavy atom. The maximum Gasteiger partial charge on any atom is 0.222 e. The number of amides is 1. The van der Waals surface area contributed by atoms with Gasteiger partial charge in [0, 0.05) is 17.5 Å². The molecule has 1 aromatic rings. The maximum atomic E-state index is 12.3. The fourth-order valence-electron chi connectivity index (χ4n) is 3.30. The van der Waals surface area contributed by atoms with Gasteiger partial charge in [-0.1, -0.05) is 30.2 Å². The normalized spacial score (nSPS) is 22.5. The number of benzene rings is 1. The lowest BCUT2D eigenvalue weighted by Crippen LogP contribution is -2.38. The molecule has 1 aromatic carbocycles. The predicted molar refractivity (Wildman–Crippen MR) is 92.6 cm³/mol. The first-order chi connectivity index (χ1) is 10.2. The van der Waals surface area contributed by atoms with Gasteiger partial charge in [0.05, 0.1) is 6.04 Å². The van der Waals surface area contributed by atoms with E-state index in [9.17, 15) is 4.79 Å². The average molecular weight is 343 g/mol. The van der Waals surface area contributed by atoms with Crippen LogP contribution in [0.2, 0.25) is 5.02 Å². The molecule has 3 nitrogen and oxygen atoms in total. The molecule has 2 unspecified atom stereocenters. The molecule has 0 radical (unpaired) electrons. The molecule has 1 amide bonds. The predicted octanol–water partition coefficient (Wildman–Crippen LogP) is 3.86. The van der Waals surface area contributed by atoms with Gasteiger partial charge < -0.3 is 10.6 Å². The summed E-state index contributed by atoms with van der Waals surface area (Å²) >= 11 is 5.97. The Balaban J connectivity index is 0.00000176. The lowest BCUT2D eigenvalue weighted by molar-refractivity contribution is -0.122. The van der Waals surface area contributed by atoms with Gasteiger partial charge in [-0.15, -0.1) is 12.4 Å². The Morgan fingerprint density at radius 1 is 1.23 bits per heavy atom. The van der Waals surface area contributed by atoms with E-state index in [0.29, 0.717) is 18.4 Å². The average Bonchev–Trinajstić information content (AvgIpc) is 2.89. The van der Waals surface area contributed by atoms with Gasteiger partial charge in [0.15, 0.2) is 0 Å². The number of halogens is 2. The van der Waals surface area contributed by atoms with Gasteiger partial charge in [-0.25, -0.2) is 0 Å². The first-order valence-corrected chi connectivity index (χ1v) is 8.38. The maximum absolute atomic E-state index is 12.3. The number of rotatable bonds is 5. The number of carbonyl (C=O) groups is 1. The van der Waals surface area contributed by atoms with Gasteiger partial charge in [-0.2, -0.15) is 0 Å². The minimum absolute atomic E-state index is 0. The Kier molecular flexibility index (Phi) is 6.54. The molecule has 22 heavy (non-hydrogen) atoms. The van der Waals surface area contributed by atoms with Gasteiger partial charge in [0.1, 0.15) is 0 Å². The zero-order valence-electron chi connectivity index (χ0n) is 12.7. The molecule has 2 aliphatic rings. The molecule has 122 valence electrons. The van der Waals surface area contributed by atoms with Crippen molar-refractivity contribution >= 4 is 29.9 Å². The van der Waals surface area contributed by atoms with Crippen molar-refractivity contribution in [1.29, 1.82) is 0 Å². The summed E-state index contributed by atoms with van der Waals surface area (Å²) in [7, 11) is 0. The topological polar surface area (TPSA) is 41.1 Å². The van der Waals surface area contributed by atoms with Crippen molar-refractivity contribution in [3.63, 3.8) is 0 Å². The van der Waals surface area contributed by atoms with Crippen LogP contribution in [0.1, 0.15) is 50.1 Å². The summed E-state index contributed by atoms with van der Waals surface area (Å²) < 4.78 is 0. The van der Waals surface area contributed by atoms with Crippen LogP contribution in [0.25, 0.3) is 0 Å². The Morgan fingerprint density at radius 2 is 1.95 bits per heavy atom. The van der Waals surface area contributed by atoms with E-state index in [2.05, 4.69) is 10.6 Å². The molecular formula is C17H24Cl2N2O. The summed E-state index contributed by atoms with van der Waals surface area (Å²) in [6.45, 7) is 1.04. The number of nitrogens with one attached hydrogen (secondary N) is 2. The van der Waals surface area contributed by atoms with Gasteiger partial charge in [-0.3, -0.25) is 4.79 Å². The molecule has 1 aliphatic carbocycles.